The molecule has 1 aromatic heterocycles. The molecule has 1 fully saturated rings. The van der Waals surface area contributed by atoms with Crippen LogP contribution in [0.4, 0.5) is 11.6 Å². The van der Waals surface area contributed by atoms with E-state index in [9.17, 15) is 4.79 Å². The first-order chi connectivity index (χ1) is 9.17. The predicted octanol–water partition coefficient (Wildman–Crippen LogP) is 2.53. The zero-order valence-corrected chi connectivity index (χ0v) is 11.7. The van der Waals surface area contributed by atoms with Crippen LogP contribution < -0.4 is 10.6 Å². The van der Waals surface area contributed by atoms with Gasteiger partial charge in [-0.1, -0.05) is 6.92 Å². The number of hydrogen-bond donors (Lipinski definition) is 2. The van der Waals surface area contributed by atoms with Crippen LogP contribution in [0.25, 0.3) is 0 Å². The van der Waals surface area contributed by atoms with E-state index in [1.807, 2.05) is 13.0 Å². The molecule has 1 saturated carbocycles. The van der Waals surface area contributed by atoms with Gasteiger partial charge in [-0.05, 0) is 26.2 Å². The first kappa shape index (κ1) is 13.8. The lowest BCUT2D eigenvalue weighted by Gasteiger charge is -2.23. The van der Waals surface area contributed by atoms with Crippen molar-refractivity contribution in [3.8, 4) is 0 Å². The molecule has 5 nitrogen and oxygen atoms in total. The summed E-state index contributed by atoms with van der Waals surface area (Å²) in [5, 5.41) is 6.69. The highest BCUT2D eigenvalue weighted by molar-refractivity contribution is 5.79. The Morgan fingerprint density at radius 1 is 1.26 bits per heavy atom. The van der Waals surface area contributed by atoms with E-state index in [1.165, 1.54) is 0 Å². The summed E-state index contributed by atoms with van der Waals surface area (Å²) in [6.45, 7) is 4.93. The number of nitrogens with zero attached hydrogens (tertiary/aromatic N) is 2. The minimum Gasteiger partial charge on any atom is -0.370 e. The van der Waals surface area contributed by atoms with Gasteiger partial charge in [-0.2, -0.15) is 0 Å². The molecule has 5 heteroatoms. The van der Waals surface area contributed by atoms with Crippen molar-refractivity contribution in [1.29, 1.82) is 0 Å². The van der Waals surface area contributed by atoms with Crippen molar-refractivity contribution in [3.63, 3.8) is 0 Å². The Morgan fingerprint density at radius 3 is 2.63 bits per heavy atom. The summed E-state index contributed by atoms with van der Waals surface area (Å²) in [5.74, 6) is 2.85. The molecule has 1 heterocycles. The van der Waals surface area contributed by atoms with Crippen LogP contribution in [0.2, 0.25) is 0 Å². The van der Waals surface area contributed by atoms with Gasteiger partial charge in [0, 0.05) is 31.5 Å². The average molecular weight is 262 g/mol. The molecule has 0 amide bonds. The van der Waals surface area contributed by atoms with Crippen molar-refractivity contribution in [2.45, 2.75) is 52.0 Å². The smallest absolute Gasteiger partial charge is 0.133 e. The zero-order valence-electron chi connectivity index (χ0n) is 11.7. The van der Waals surface area contributed by atoms with Gasteiger partial charge in [0.25, 0.3) is 0 Å². The summed E-state index contributed by atoms with van der Waals surface area (Å²) >= 11 is 0. The fourth-order valence-corrected chi connectivity index (χ4v) is 2.28. The van der Waals surface area contributed by atoms with Crippen LogP contribution in [0.5, 0.6) is 0 Å². The molecule has 0 saturated heterocycles. The van der Waals surface area contributed by atoms with Gasteiger partial charge < -0.3 is 10.6 Å². The predicted molar refractivity (Wildman–Crippen MR) is 76.4 cm³/mol. The summed E-state index contributed by atoms with van der Waals surface area (Å²) in [6, 6.07) is 2.30. The van der Waals surface area contributed by atoms with Crippen LogP contribution in [0.3, 0.4) is 0 Å². The highest BCUT2D eigenvalue weighted by Gasteiger charge is 2.18. The molecule has 1 aromatic rings. The van der Waals surface area contributed by atoms with Crippen LogP contribution in [0, 0.1) is 6.92 Å². The summed E-state index contributed by atoms with van der Waals surface area (Å²) in [4.78, 5) is 20.0. The number of Topliss-reactive ketones (excluding diaryl/α,β-unsaturated/α-hetero) is 1. The number of aromatic nitrogens is 2. The maximum atomic E-state index is 11.2. The molecule has 19 heavy (non-hydrogen) atoms. The normalized spacial score (nSPS) is 16.4. The van der Waals surface area contributed by atoms with Gasteiger partial charge in [0.1, 0.15) is 23.2 Å². The Hall–Kier alpha value is -1.65. The van der Waals surface area contributed by atoms with E-state index >= 15 is 0 Å². The van der Waals surface area contributed by atoms with E-state index in [-0.39, 0.29) is 0 Å². The molecular weight excluding hydrogens is 240 g/mol. The third-order valence-corrected chi connectivity index (χ3v) is 3.29. The highest BCUT2D eigenvalue weighted by atomic mass is 16.1. The minimum atomic E-state index is 0.353. The fourth-order valence-electron chi connectivity index (χ4n) is 2.28. The van der Waals surface area contributed by atoms with Crippen molar-refractivity contribution in [3.05, 3.63) is 11.9 Å². The standard InChI is InChI=1S/C14H22N4O/c1-3-8-15-13-9-14(17-10(2)16-13)18-11-4-6-12(19)7-5-11/h9,11H,3-8H2,1-2H3,(H2,15,16,17,18). The summed E-state index contributed by atoms with van der Waals surface area (Å²) in [6.07, 6.45) is 4.24. The van der Waals surface area contributed by atoms with Crippen molar-refractivity contribution in [1.82, 2.24) is 9.97 Å². The summed E-state index contributed by atoms with van der Waals surface area (Å²) in [5.41, 5.74) is 0. The maximum absolute atomic E-state index is 11.2. The lowest BCUT2D eigenvalue weighted by molar-refractivity contribution is -0.120. The van der Waals surface area contributed by atoms with Gasteiger partial charge >= 0.3 is 0 Å². The van der Waals surface area contributed by atoms with Gasteiger partial charge in [0.05, 0.1) is 0 Å². The van der Waals surface area contributed by atoms with E-state index in [4.69, 9.17) is 0 Å². The zero-order chi connectivity index (χ0) is 13.7. The van der Waals surface area contributed by atoms with E-state index < -0.39 is 0 Å². The molecule has 0 radical (unpaired) electrons. The van der Waals surface area contributed by atoms with Gasteiger partial charge in [0.15, 0.2) is 0 Å². The first-order valence-corrected chi connectivity index (χ1v) is 7.05. The largest absolute Gasteiger partial charge is 0.370 e. The number of carbonyl (C=O) groups excluding carboxylic acids is 1. The number of carbonyl (C=O) groups is 1. The van der Waals surface area contributed by atoms with E-state index in [2.05, 4.69) is 27.5 Å². The van der Waals surface area contributed by atoms with Crippen LogP contribution in [0.1, 0.15) is 44.9 Å². The van der Waals surface area contributed by atoms with Crippen LogP contribution >= 0.6 is 0 Å². The minimum absolute atomic E-state index is 0.353. The molecule has 1 aliphatic rings. The lowest BCUT2D eigenvalue weighted by Crippen LogP contribution is -2.26. The topological polar surface area (TPSA) is 66.9 Å². The monoisotopic (exact) mass is 262 g/mol. The van der Waals surface area contributed by atoms with E-state index in [1.54, 1.807) is 0 Å². The van der Waals surface area contributed by atoms with Gasteiger partial charge in [-0.25, -0.2) is 9.97 Å². The summed E-state index contributed by atoms with van der Waals surface area (Å²) in [7, 11) is 0. The van der Waals surface area contributed by atoms with Gasteiger partial charge in [-0.3, -0.25) is 4.79 Å². The number of nitrogens with one attached hydrogen (secondary N) is 2. The van der Waals surface area contributed by atoms with E-state index in [0.717, 1.165) is 43.3 Å². The Kier molecular flexibility index (Phi) is 4.71. The van der Waals surface area contributed by atoms with Gasteiger partial charge in [0.2, 0.25) is 0 Å². The number of anilines is 2. The summed E-state index contributed by atoms with van der Waals surface area (Å²) < 4.78 is 0. The van der Waals surface area contributed by atoms with Crippen molar-refractivity contribution in [2.24, 2.45) is 0 Å². The Labute approximate surface area is 114 Å². The Bertz CT molecular complexity index is 437. The van der Waals surface area contributed by atoms with Crippen molar-refractivity contribution in [2.75, 3.05) is 17.2 Å². The molecule has 1 aliphatic carbocycles. The first-order valence-electron chi connectivity index (χ1n) is 7.05. The average Bonchev–Trinajstić information content (AvgIpc) is 2.38. The molecule has 0 bridgehead atoms. The number of ketones is 1. The van der Waals surface area contributed by atoms with Crippen LogP contribution in [-0.2, 0) is 4.79 Å². The molecule has 0 aliphatic heterocycles. The maximum Gasteiger partial charge on any atom is 0.133 e. The van der Waals surface area contributed by atoms with Crippen molar-refractivity contribution >= 4 is 17.4 Å². The number of aryl methyl sites for hydroxylation is 1. The molecular formula is C14H22N4O. The quantitative estimate of drug-likeness (QED) is 0.853. The van der Waals surface area contributed by atoms with Gasteiger partial charge in [-0.15, -0.1) is 0 Å². The second kappa shape index (κ2) is 6.50. The van der Waals surface area contributed by atoms with Crippen LogP contribution in [0.15, 0.2) is 6.07 Å². The second-order valence-electron chi connectivity index (χ2n) is 5.07. The molecule has 2 N–H and O–H groups in total. The lowest BCUT2D eigenvalue weighted by atomic mass is 9.94. The van der Waals surface area contributed by atoms with Crippen LogP contribution in [-0.4, -0.2) is 28.3 Å². The number of hydrogen-bond acceptors (Lipinski definition) is 5. The molecule has 2 rings (SSSR count). The Balaban J connectivity index is 1.99. The molecule has 0 spiro atoms. The van der Waals surface area contributed by atoms with Crippen molar-refractivity contribution < 1.29 is 4.79 Å². The highest BCUT2D eigenvalue weighted by Crippen LogP contribution is 2.20. The third-order valence-electron chi connectivity index (χ3n) is 3.29. The molecule has 0 atom stereocenters. The molecule has 0 aromatic carbocycles. The Morgan fingerprint density at radius 2 is 1.95 bits per heavy atom. The second-order valence-corrected chi connectivity index (χ2v) is 5.07. The molecule has 0 unspecified atom stereocenters. The van der Waals surface area contributed by atoms with E-state index in [0.29, 0.717) is 24.7 Å². The SMILES string of the molecule is CCCNc1cc(NC2CCC(=O)CC2)nc(C)n1. The fraction of sp³-hybridized carbons (Fsp3) is 0.643. The third kappa shape index (κ3) is 4.19. The number of rotatable bonds is 5. The molecule has 104 valence electrons.